The van der Waals surface area contributed by atoms with Crippen LogP contribution in [-0.2, 0) is 4.79 Å². The first-order chi connectivity index (χ1) is 9.54. The number of nitro benzene ring substituents is 1. The molecule has 0 saturated heterocycles. The summed E-state index contributed by atoms with van der Waals surface area (Å²) in [6.07, 6.45) is 3.02. The lowest BCUT2D eigenvalue weighted by atomic mass is 10.2. The number of amides is 1. The third-order valence-electron chi connectivity index (χ3n) is 2.58. The standard InChI is InChI=1S/C13H17ClN2O4/c1-2-3-4-7-15-13(17)9-20-12-6-5-10(14)8-11(12)16(18)19/h5-6,8H,2-4,7,9H2,1H3,(H,15,17). The molecule has 0 radical (unpaired) electrons. The topological polar surface area (TPSA) is 81.5 Å². The van der Waals surface area contributed by atoms with Crippen LogP contribution >= 0.6 is 11.6 Å². The summed E-state index contributed by atoms with van der Waals surface area (Å²) in [6, 6.07) is 4.05. The van der Waals surface area contributed by atoms with Crippen LogP contribution in [0.4, 0.5) is 5.69 Å². The number of nitro groups is 1. The van der Waals surface area contributed by atoms with Crippen molar-refractivity contribution < 1.29 is 14.5 Å². The van der Waals surface area contributed by atoms with Gasteiger partial charge in [-0.15, -0.1) is 0 Å². The largest absolute Gasteiger partial charge is 0.477 e. The first-order valence-electron chi connectivity index (χ1n) is 6.38. The molecule has 110 valence electrons. The number of hydrogen-bond donors (Lipinski definition) is 1. The Morgan fingerprint density at radius 3 is 2.85 bits per heavy atom. The van der Waals surface area contributed by atoms with Gasteiger partial charge in [-0.1, -0.05) is 31.4 Å². The molecule has 0 atom stereocenters. The van der Waals surface area contributed by atoms with Gasteiger partial charge >= 0.3 is 5.69 Å². The second-order valence-electron chi connectivity index (χ2n) is 4.21. The molecule has 0 spiro atoms. The maximum Gasteiger partial charge on any atom is 0.312 e. The van der Waals surface area contributed by atoms with Crippen molar-refractivity contribution in [2.75, 3.05) is 13.2 Å². The van der Waals surface area contributed by atoms with Gasteiger partial charge in [0, 0.05) is 17.6 Å². The average molecular weight is 301 g/mol. The zero-order chi connectivity index (χ0) is 15.0. The molecule has 0 aromatic heterocycles. The van der Waals surface area contributed by atoms with Gasteiger partial charge < -0.3 is 10.1 Å². The molecule has 0 aliphatic rings. The van der Waals surface area contributed by atoms with Crippen molar-refractivity contribution in [2.24, 2.45) is 0 Å². The van der Waals surface area contributed by atoms with E-state index < -0.39 is 4.92 Å². The lowest BCUT2D eigenvalue weighted by molar-refractivity contribution is -0.385. The molecule has 0 bridgehead atoms. The van der Waals surface area contributed by atoms with Crippen LogP contribution in [0.1, 0.15) is 26.2 Å². The maximum atomic E-state index is 11.5. The number of carbonyl (C=O) groups excluding carboxylic acids is 1. The van der Waals surface area contributed by atoms with Gasteiger partial charge in [-0.05, 0) is 18.6 Å². The van der Waals surface area contributed by atoms with Gasteiger partial charge in [0.05, 0.1) is 4.92 Å². The fraction of sp³-hybridized carbons (Fsp3) is 0.462. The highest BCUT2D eigenvalue weighted by atomic mass is 35.5. The normalized spacial score (nSPS) is 10.1. The summed E-state index contributed by atoms with van der Waals surface area (Å²) in [5.41, 5.74) is -0.253. The molecule has 0 aliphatic heterocycles. The van der Waals surface area contributed by atoms with Crippen molar-refractivity contribution in [3.8, 4) is 5.75 Å². The summed E-state index contributed by atoms with van der Waals surface area (Å²) in [4.78, 5) is 21.7. The Labute approximate surface area is 122 Å². The van der Waals surface area contributed by atoms with E-state index in [0.29, 0.717) is 6.54 Å². The van der Waals surface area contributed by atoms with E-state index in [0.717, 1.165) is 19.3 Å². The molecular formula is C13H17ClN2O4. The van der Waals surface area contributed by atoms with Crippen LogP contribution in [0.5, 0.6) is 5.75 Å². The van der Waals surface area contributed by atoms with Gasteiger partial charge in [-0.2, -0.15) is 0 Å². The number of halogens is 1. The summed E-state index contributed by atoms with van der Waals surface area (Å²) in [5.74, 6) is -0.270. The highest BCUT2D eigenvalue weighted by Gasteiger charge is 2.16. The molecule has 20 heavy (non-hydrogen) atoms. The predicted molar refractivity (Wildman–Crippen MR) is 76.1 cm³/mol. The minimum atomic E-state index is -0.597. The average Bonchev–Trinajstić information content (AvgIpc) is 2.42. The molecule has 1 amide bonds. The van der Waals surface area contributed by atoms with Crippen molar-refractivity contribution in [2.45, 2.75) is 26.2 Å². The first-order valence-corrected chi connectivity index (χ1v) is 6.75. The second-order valence-corrected chi connectivity index (χ2v) is 4.65. The van der Waals surface area contributed by atoms with Crippen LogP contribution in [0.3, 0.4) is 0 Å². The van der Waals surface area contributed by atoms with Crippen molar-refractivity contribution in [1.29, 1.82) is 0 Å². The fourth-order valence-electron chi connectivity index (χ4n) is 1.55. The molecule has 0 saturated carbocycles. The molecule has 1 rings (SSSR count). The van der Waals surface area contributed by atoms with Crippen molar-refractivity contribution in [1.82, 2.24) is 5.32 Å². The highest BCUT2D eigenvalue weighted by Crippen LogP contribution is 2.29. The number of unbranched alkanes of at least 4 members (excludes halogenated alkanes) is 2. The Balaban J connectivity index is 2.49. The van der Waals surface area contributed by atoms with E-state index in [9.17, 15) is 14.9 Å². The van der Waals surface area contributed by atoms with Crippen molar-refractivity contribution in [3.05, 3.63) is 33.3 Å². The van der Waals surface area contributed by atoms with Crippen molar-refractivity contribution in [3.63, 3.8) is 0 Å². The summed E-state index contributed by atoms with van der Waals surface area (Å²) in [7, 11) is 0. The molecule has 7 heteroatoms. The fourth-order valence-corrected chi connectivity index (χ4v) is 1.72. The summed E-state index contributed by atoms with van der Waals surface area (Å²) < 4.78 is 5.16. The number of nitrogens with zero attached hydrogens (tertiary/aromatic N) is 1. The molecule has 6 nitrogen and oxygen atoms in total. The lowest BCUT2D eigenvalue weighted by Gasteiger charge is -2.07. The van der Waals surface area contributed by atoms with E-state index in [4.69, 9.17) is 16.3 Å². The molecule has 1 aromatic carbocycles. The highest BCUT2D eigenvalue weighted by molar-refractivity contribution is 6.30. The number of carbonyl (C=O) groups is 1. The van der Waals surface area contributed by atoms with Gasteiger partial charge in [-0.3, -0.25) is 14.9 Å². The summed E-state index contributed by atoms with van der Waals surface area (Å²) in [5, 5.41) is 13.8. The first kappa shape index (κ1) is 16.2. The van der Waals surface area contributed by atoms with Crippen LogP contribution in [-0.4, -0.2) is 24.0 Å². The van der Waals surface area contributed by atoms with Gasteiger partial charge in [0.1, 0.15) is 0 Å². The summed E-state index contributed by atoms with van der Waals surface area (Å²) in [6.45, 7) is 2.40. The zero-order valence-electron chi connectivity index (χ0n) is 11.2. The minimum Gasteiger partial charge on any atom is -0.477 e. The van der Waals surface area contributed by atoms with E-state index in [2.05, 4.69) is 12.2 Å². The molecule has 0 aliphatic carbocycles. The molecular weight excluding hydrogens is 284 g/mol. The molecule has 0 unspecified atom stereocenters. The number of nitrogens with one attached hydrogen (secondary N) is 1. The Morgan fingerprint density at radius 1 is 1.45 bits per heavy atom. The monoisotopic (exact) mass is 300 g/mol. The minimum absolute atomic E-state index is 0.0307. The van der Waals surface area contributed by atoms with Crippen molar-refractivity contribution >= 4 is 23.2 Å². The SMILES string of the molecule is CCCCCNC(=O)COc1ccc(Cl)cc1[N+](=O)[O-]. The van der Waals surface area contributed by atoms with Crippen LogP contribution in [0.15, 0.2) is 18.2 Å². The van der Waals surface area contributed by atoms with Crippen LogP contribution in [0.2, 0.25) is 5.02 Å². The van der Waals surface area contributed by atoms with Gasteiger partial charge in [0.2, 0.25) is 0 Å². The lowest BCUT2D eigenvalue weighted by Crippen LogP contribution is -2.29. The smallest absolute Gasteiger partial charge is 0.312 e. The predicted octanol–water partition coefficient (Wildman–Crippen LogP) is 2.93. The van der Waals surface area contributed by atoms with Gasteiger partial charge in [0.15, 0.2) is 12.4 Å². The number of hydrogen-bond acceptors (Lipinski definition) is 4. The summed E-state index contributed by atoms with van der Waals surface area (Å²) >= 11 is 5.68. The number of benzene rings is 1. The van der Waals surface area contributed by atoms with E-state index in [-0.39, 0.29) is 29.0 Å². The van der Waals surface area contributed by atoms with Gasteiger partial charge in [0.25, 0.3) is 5.91 Å². The molecule has 0 fully saturated rings. The molecule has 1 N–H and O–H groups in total. The van der Waals surface area contributed by atoms with Crippen LogP contribution < -0.4 is 10.1 Å². The Morgan fingerprint density at radius 2 is 2.20 bits per heavy atom. The molecule has 0 heterocycles. The second kappa shape index (κ2) is 8.37. The Hall–Kier alpha value is -1.82. The number of rotatable bonds is 8. The van der Waals surface area contributed by atoms with Crippen LogP contribution in [0, 0.1) is 10.1 Å². The third kappa shape index (κ3) is 5.44. The zero-order valence-corrected chi connectivity index (χ0v) is 12.0. The number of ether oxygens (including phenoxy) is 1. The Bertz CT molecular complexity index is 479. The van der Waals surface area contributed by atoms with E-state index in [1.54, 1.807) is 0 Å². The third-order valence-corrected chi connectivity index (χ3v) is 2.81. The van der Waals surface area contributed by atoms with Crippen LogP contribution in [0.25, 0.3) is 0 Å². The molecule has 1 aromatic rings. The van der Waals surface area contributed by atoms with E-state index in [1.807, 2.05) is 0 Å². The maximum absolute atomic E-state index is 11.5. The van der Waals surface area contributed by atoms with Gasteiger partial charge in [-0.25, -0.2) is 0 Å². The quantitative estimate of drug-likeness (QED) is 0.454. The van der Waals surface area contributed by atoms with E-state index in [1.165, 1.54) is 18.2 Å². The Kier molecular flexibility index (Phi) is 6.79. The van der Waals surface area contributed by atoms with E-state index >= 15 is 0 Å².